The molecule has 3 nitrogen and oxygen atoms in total. The van der Waals surface area contributed by atoms with E-state index in [-0.39, 0.29) is 22.1 Å². The molecule has 1 aromatic heterocycles. The zero-order valence-electron chi connectivity index (χ0n) is 13.1. The van der Waals surface area contributed by atoms with Gasteiger partial charge >= 0.3 is 0 Å². The molecular weight excluding hydrogens is 314 g/mol. The zero-order valence-corrected chi connectivity index (χ0v) is 14.7. The second kappa shape index (κ2) is 7.29. The third kappa shape index (κ3) is 4.85. The predicted octanol–water partition coefficient (Wildman–Crippen LogP) is 5.30. The van der Waals surface area contributed by atoms with E-state index < -0.39 is 0 Å². The fraction of sp³-hybridized carbons (Fsp3) is 0.412. The third-order valence-electron chi connectivity index (χ3n) is 3.45. The standard InChI is InChI=1S/C17H21NO2S2/c1-17(2,3)14-8-6-13(7-9-14)12-22-16(11-18(19)20)15-5-4-10-21-15/h4-10,16H,11-12H2,1-3H3/t16-/m0/s1. The molecule has 0 saturated carbocycles. The molecule has 0 unspecified atom stereocenters. The smallest absolute Gasteiger partial charge is 0.220 e. The maximum Gasteiger partial charge on any atom is 0.220 e. The first-order valence-corrected chi connectivity index (χ1v) is 9.15. The van der Waals surface area contributed by atoms with Crippen molar-refractivity contribution in [1.29, 1.82) is 0 Å². The number of hydrogen-bond donors (Lipinski definition) is 0. The molecule has 0 radical (unpaired) electrons. The highest BCUT2D eigenvalue weighted by Crippen LogP contribution is 2.34. The van der Waals surface area contributed by atoms with E-state index in [1.165, 1.54) is 11.1 Å². The van der Waals surface area contributed by atoms with Gasteiger partial charge in [-0.1, -0.05) is 51.1 Å². The summed E-state index contributed by atoms with van der Waals surface area (Å²) >= 11 is 3.23. The highest BCUT2D eigenvalue weighted by Gasteiger charge is 2.19. The Morgan fingerprint density at radius 2 is 1.91 bits per heavy atom. The molecule has 0 amide bonds. The Kier molecular flexibility index (Phi) is 5.64. The van der Waals surface area contributed by atoms with Gasteiger partial charge in [0.2, 0.25) is 6.54 Å². The van der Waals surface area contributed by atoms with Crippen molar-refractivity contribution in [1.82, 2.24) is 0 Å². The SMILES string of the molecule is CC(C)(C)c1ccc(CS[C@@H](C[N+](=O)[O-])c2cccs2)cc1. The first-order valence-electron chi connectivity index (χ1n) is 7.22. The molecule has 1 aromatic carbocycles. The van der Waals surface area contributed by atoms with Crippen LogP contribution in [0.15, 0.2) is 41.8 Å². The van der Waals surface area contributed by atoms with Crippen LogP contribution < -0.4 is 0 Å². The van der Waals surface area contributed by atoms with E-state index in [2.05, 4.69) is 45.0 Å². The van der Waals surface area contributed by atoms with Crippen molar-refractivity contribution >= 4 is 23.1 Å². The van der Waals surface area contributed by atoms with E-state index in [9.17, 15) is 10.1 Å². The van der Waals surface area contributed by atoms with E-state index in [0.29, 0.717) is 0 Å². The number of nitrogens with zero attached hydrogens (tertiary/aromatic N) is 1. The molecule has 1 atom stereocenters. The van der Waals surface area contributed by atoms with Gasteiger partial charge in [-0.05, 0) is 28.0 Å². The lowest BCUT2D eigenvalue weighted by Gasteiger charge is -2.19. The molecule has 0 aliphatic heterocycles. The Balaban J connectivity index is 2.02. The number of rotatable bonds is 6. The van der Waals surface area contributed by atoms with Gasteiger partial charge in [-0.2, -0.15) is 0 Å². The minimum absolute atomic E-state index is 0.0226. The van der Waals surface area contributed by atoms with Gasteiger partial charge in [-0.15, -0.1) is 23.1 Å². The number of benzene rings is 1. The Bertz CT molecular complexity index is 601. The van der Waals surface area contributed by atoms with E-state index in [1.54, 1.807) is 23.1 Å². The van der Waals surface area contributed by atoms with Gasteiger partial charge in [0.15, 0.2) is 0 Å². The largest absolute Gasteiger partial charge is 0.264 e. The number of thiophene rings is 1. The molecular formula is C17H21NO2S2. The van der Waals surface area contributed by atoms with Gasteiger partial charge in [0.05, 0.1) is 0 Å². The highest BCUT2D eigenvalue weighted by atomic mass is 32.2. The summed E-state index contributed by atoms with van der Waals surface area (Å²) in [4.78, 5) is 11.7. The topological polar surface area (TPSA) is 43.1 Å². The van der Waals surface area contributed by atoms with Crippen LogP contribution >= 0.6 is 23.1 Å². The monoisotopic (exact) mass is 335 g/mol. The van der Waals surface area contributed by atoms with Crippen LogP contribution in [-0.2, 0) is 11.2 Å². The Hall–Kier alpha value is -1.33. The molecule has 0 N–H and O–H groups in total. The normalized spacial score (nSPS) is 13.0. The summed E-state index contributed by atoms with van der Waals surface area (Å²) in [5, 5.41) is 12.8. The third-order valence-corrected chi connectivity index (χ3v) is 5.89. The minimum atomic E-state index is -0.222. The molecule has 0 aliphatic rings. The fourth-order valence-electron chi connectivity index (χ4n) is 2.13. The van der Waals surface area contributed by atoms with Crippen molar-refractivity contribution in [3.63, 3.8) is 0 Å². The van der Waals surface area contributed by atoms with Crippen LogP contribution in [0.25, 0.3) is 0 Å². The lowest BCUT2D eigenvalue weighted by molar-refractivity contribution is -0.479. The van der Waals surface area contributed by atoms with Gasteiger partial charge in [-0.3, -0.25) is 10.1 Å². The summed E-state index contributed by atoms with van der Waals surface area (Å²) in [7, 11) is 0. The molecule has 118 valence electrons. The van der Waals surface area contributed by atoms with Gasteiger partial charge < -0.3 is 0 Å². The summed E-state index contributed by atoms with van der Waals surface area (Å²) in [6, 6.07) is 12.5. The second-order valence-corrected chi connectivity index (χ2v) is 8.45. The van der Waals surface area contributed by atoms with Crippen molar-refractivity contribution in [2.24, 2.45) is 0 Å². The van der Waals surface area contributed by atoms with E-state index in [0.717, 1.165) is 10.6 Å². The Morgan fingerprint density at radius 1 is 1.23 bits per heavy atom. The van der Waals surface area contributed by atoms with Gasteiger partial charge in [-0.25, -0.2) is 0 Å². The second-order valence-electron chi connectivity index (χ2n) is 6.28. The number of thioether (sulfide) groups is 1. The minimum Gasteiger partial charge on any atom is -0.264 e. The predicted molar refractivity (Wildman–Crippen MR) is 95.4 cm³/mol. The van der Waals surface area contributed by atoms with Crippen LogP contribution in [0, 0.1) is 10.1 Å². The van der Waals surface area contributed by atoms with Gasteiger partial charge in [0.25, 0.3) is 0 Å². The molecule has 1 heterocycles. The van der Waals surface area contributed by atoms with Crippen molar-refractivity contribution in [3.05, 3.63) is 67.9 Å². The molecule has 0 fully saturated rings. The summed E-state index contributed by atoms with van der Waals surface area (Å²) in [6.07, 6.45) is 0. The molecule has 5 heteroatoms. The lowest BCUT2D eigenvalue weighted by Crippen LogP contribution is -2.11. The van der Waals surface area contributed by atoms with Crippen LogP contribution in [0.5, 0.6) is 0 Å². The fourth-order valence-corrected chi connectivity index (χ4v) is 4.26. The van der Waals surface area contributed by atoms with Crippen LogP contribution in [0.1, 0.15) is 42.0 Å². The molecule has 2 aromatic rings. The molecule has 2 rings (SSSR count). The van der Waals surface area contributed by atoms with E-state index >= 15 is 0 Å². The van der Waals surface area contributed by atoms with E-state index in [4.69, 9.17) is 0 Å². The zero-order chi connectivity index (χ0) is 16.2. The van der Waals surface area contributed by atoms with E-state index in [1.807, 2.05) is 17.5 Å². The summed E-state index contributed by atoms with van der Waals surface area (Å²) in [5.74, 6) is 0.792. The summed E-state index contributed by atoms with van der Waals surface area (Å²) < 4.78 is 0. The molecule has 0 saturated heterocycles. The highest BCUT2D eigenvalue weighted by molar-refractivity contribution is 7.98. The average molecular weight is 335 g/mol. The average Bonchev–Trinajstić information content (AvgIpc) is 2.96. The van der Waals surface area contributed by atoms with Crippen LogP contribution in [-0.4, -0.2) is 11.5 Å². The van der Waals surface area contributed by atoms with Crippen molar-refractivity contribution in [2.75, 3.05) is 6.54 Å². The van der Waals surface area contributed by atoms with Crippen molar-refractivity contribution in [2.45, 2.75) is 37.2 Å². The molecule has 22 heavy (non-hydrogen) atoms. The maximum atomic E-state index is 10.9. The van der Waals surface area contributed by atoms with Crippen LogP contribution in [0.3, 0.4) is 0 Å². The van der Waals surface area contributed by atoms with Crippen LogP contribution in [0.2, 0.25) is 0 Å². The molecule has 0 spiro atoms. The van der Waals surface area contributed by atoms with Gasteiger partial charge in [0.1, 0.15) is 5.25 Å². The van der Waals surface area contributed by atoms with Crippen LogP contribution in [0.4, 0.5) is 0 Å². The Labute approximate surface area is 139 Å². The Morgan fingerprint density at radius 3 is 2.41 bits per heavy atom. The first kappa shape index (κ1) is 17.0. The number of nitro groups is 1. The summed E-state index contributed by atoms with van der Waals surface area (Å²) in [6.45, 7) is 6.56. The quantitative estimate of drug-likeness (QED) is 0.531. The lowest BCUT2D eigenvalue weighted by atomic mass is 9.87. The number of hydrogen-bond acceptors (Lipinski definition) is 4. The molecule has 0 bridgehead atoms. The first-order chi connectivity index (χ1) is 10.4. The van der Waals surface area contributed by atoms with Crippen molar-refractivity contribution in [3.8, 4) is 0 Å². The van der Waals surface area contributed by atoms with Gasteiger partial charge in [0, 0.05) is 15.6 Å². The summed E-state index contributed by atoms with van der Waals surface area (Å²) in [5.41, 5.74) is 2.67. The van der Waals surface area contributed by atoms with Crippen molar-refractivity contribution < 1.29 is 4.92 Å². The molecule has 0 aliphatic carbocycles. The maximum absolute atomic E-state index is 10.9.